The van der Waals surface area contributed by atoms with Crippen LogP contribution in [0.25, 0.3) is 0 Å². The van der Waals surface area contributed by atoms with E-state index in [0.717, 1.165) is 15.1 Å². The van der Waals surface area contributed by atoms with Gasteiger partial charge in [-0.25, -0.2) is 17.7 Å². The van der Waals surface area contributed by atoms with Crippen molar-refractivity contribution in [2.45, 2.75) is 9.92 Å². The first-order valence-corrected chi connectivity index (χ1v) is 7.52. The zero-order chi connectivity index (χ0) is 12.2. The van der Waals surface area contributed by atoms with E-state index in [9.17, 15) is 8.42 Å². The molecule has 0 atom stereocenters. The Balaban J connectivity index is 2.87. The van der Waals surface area contributed by atoms with Gasteiger partial charge in [0.2, 0.25) is 10.0 Å². The number of nitrogens with zero attached hydrogens (tertiary/aromatic N) is 2. The van der Waals surface area contributed by atoms with Gasteiger partial charge in [0.15, 0.2) is 0 Å². The maximum Gasteiger partial charge on any atom is 0.244 e. The largest absolute Gasteiger partial charge is 0.249 e. The van der Waals surface area contributed by atoms with Gasteiger partial charge in [0.1, 0.15) is 4.90 Å². The molecule has 90 valence electrons. The molecule has 0 spiro atoms. The van der Waals surface area contributed by atoms with Crippen molar-refractivity contribution in [2.75, 3.05) is 25.7 Å². The number of alkyl halides is 1. The molecule has 4 nitrogen and oxygen atoms in total. The van der Waals surface area contributed by atoms with Gasteiger partial charge in [-0.05, 0) is 12.1 Å². The van der Waals surface area contributed by atoms with Crippen LogP contribution in [0.5, 0.6) is 0 Å². The lowest BCUT2D eigenvalue weighted by Crippen LogP contribution is -2.22. The van der Waals surface area contributed by atoms with E-state index in [0.29, 0.717) is 5.88 Å². The summed E-state index contributed by atoms with van der Waals surface area (Å²) in [6.45, 7) is 0. The molecule has 0 unspecified atom stereocenters. The third-order valence-electron chi connectivity index (χ3n) is 1.81. The summed E-state index contributed by atoms with van der Waals surface area (Å²) in [5.74, 6) is 1.30. The number of halogens is 1. The minimum Gasteiger partial charge on any atom is -0.249 e. The van der Waals surface area contributed by atoms with E-state index in [1.165, 1.54) is 32.1 Å². The van der Waals surface area contributed by atoms with E-state index in [1.54, 1.807) is 12.1 Å². The van der Waals surface area contributed by atoms with Crippen molar-refractivity contribution < 1.29 is 8.42 Å². The summed E-state index contributed by atoms with van der Waals surface area (Å²) in [5.41, 5.74) is 0. The van der Waals surface area contributed by atoms with Crippen LogP contribution in [0.4, 0.5) is 0 Å². The monoisotopic (exact) mass is 280 g/mol. The SMILES string of the molecule is CN(C)S(=O)(=O)c1ccc(SCCCl)nc1. The van der Waals surface area contributed by atoms with E-state index >= 15 is 0 Å². The zero-order valence-electron chi connectivity index (χ0n) is 9.05. The first kappa shape index (κ1) is 13.8. The van der Waals surface area contributed by atoms with Crippen molar-refractivity contribution in [1.29, 1.82) is 0 Å². The number of sulfonamides is 1. The number of rotatable bonds is 5. The van der Waals surface area contributed by atoms with Crippen LogP contribution < -0.4 is 0 Å². The number of hydrogen-bond donors (Lipinski definition) is 0. The van der Waals surface area contributed by atoms with Gasteiger partial charge < -0.3 is 0 Å². The van der Waals surface area contributed by atoms with E-state index in [1.807, 2.05) is 0 Å². The van der Waals surface area contributed by atoms with Gasteiger partial charge in [-0.3, -0.25) is 0 Å². The predicted molar refractivity (Wildman–Crippen MR) is 66.6 cm³/mol. The minimum atomic E-state index is -3.38. The molecular formula is C9H13ClN2O2S2. The third kappa shape index (κ3) is 3.35. The second-order valence-corrected chi connectivity index (χ2v) is 6.80. The van der Waals surface area contributed by atoms with Gasteiger partial charge >= 0.3 is 0 Å². The van der Waals surface area contributed by atoms with Crippen molar-refractivity contribution in [3.8, 4) is 0 Å². The highest BCUT2D eigenvalue weighted by Crippen LogP contribution is 2.18. The van der Waals surface area contributed by atoms with Crippen LogP contribution >= 0.6 is 23.4 Å². The molecule has 0 saturated heterocycles. The van der Waals surface area contributed by atoms with Crippen molar-refractivity contribution >= 4 is 33.4 Å². The van der Waals surface area contributed by atoms with Crippen LogP contribution in [-0.2, 0) is 10.0 Å². The standard InChI is InChI=1S/C9H13ClN2O2S2/c1-12(2)16(13,14)8-3-4-9(11-7-8)15-6-5-10/h3-4,7H,5-6H2,1-2H3. The smallest absolute Gasteiger partial charge is 0.244 e. The molecule has 0 amide bonds. The number of thioether (sulfide) groups is 1. The van der Waals surface area contributed by atoms with Crippen molar-refractivity contribution in [3.05, 3.63) is 18.3 Å². The first-order valence-electron chi connectivity index (χ1n) is 4.56. The molecule has 0 bridgehead atoms. The Morgan fingerprint density at radius 3 is 2.56 bits per heavy atom. The summed E-state index contributed by atoms with van der Waals surface area (Å²) in [5, 5.41) is 0.776. The molecule has 0 N–H and O–H groups in total. The fourth-order valence-electron chi connectivity index (χ4n) is 0.959. The average Bonchev–Trinajstić information content (AvgIpc) is 2.26. The van der Waals surface area contributed by atoms with E-state index in [4.69, 9.17) is 11.6 Å². The van der Waals surface area contributed by atoms with Crippen LogP contribution in [-0.4, -0.2) is 43.4 Å². The Bertz CT molecular complexity index is 431. The summed E-state index contributed by atoms with van der Waals surface area (Å²) in [4.78, 5) is 4.26. The van der Waals surface area contributed by atoms with Crippen LogP contribution in [0, 0.1) is 0 Å². The van der Waals surface area contributed by atoms with Gasteiger partial charge in [0.25, 0.3) is 0 Å². The number of pyridine rings is 1. The molecule has 0 aliphatic rings. The molecule has 7 heteroatoms. The number of hydrogen-bond acceptors (Lipinski definition) is 4. The lowest BCUT2D eigenvalue weighted by Gasteiger charge is -2.10. The third-order valence-corrected chi connectivity index (χ3v) is 4.97. The molecule has 1 aromatic heterocycles. The lowest BCUT2D eigenvalue weighted by atomic mass is 10.5. The van der Waals surface area contributed by atoms with Gasteiger partial charge in [0, 0.05) is 31.9 Å². The quantitative estimate of drug-likeness (QED) is 0.608. The maximum atomic E-state index is 11.7. The minimum absolute atomic E-state index is 0.202. The normalized spacial score (nSPS) is 12.0. The molecule has 0 fully saturated rings. The van der Waals surface area contributed by atoms with Gasteiger partial charge in [0.05, 0.1) is 5.03 Å². The highest BCUT2D eigenvalue weighted by Gasteiger charge is 2.17. The Labute approximate surface area is 105 Å². The lowest BCUT2D eigenvalue weighted by molar-refractivity contribution is 0.520. The van der Waals surface area contributed by atoms with Crippen LogP contribution in [0.1, 0.15) is 0 Å². The summed E-state index contributed by atoms with van der Waals surface area (Å²) < 4.78 is 24.6. The molecule has 1 rings (SSSR count). The molecule has 0 radical (unpaired) electrons. The Hall–Kier alpha value is -0.300. The zero-order valence-corrected chi connectivity index (χ0v) is 11.4. The van der Waals surface area contributed by atoms with E-state index < -0.39 is 10.0 Å². The molecule has 0 aliphatic heterocycles. The second kappa shape index (κ2) is 5.86. The van der Waals surface area contributed by atoms with Crippen molar-refractivity contribution in [2.24, 2.45) is 0 Å². The summed E-state index contributed by atoms with van der Waals surface area (Å²) in [6.07, 6.45) is 1.37. The van der Waals surface area contributed by atoms with Gasteiger partial charge in [-0.1, -0.05) is 0 Å². The molecular weight excluding hydrogens is 268 g/mol. The second-order valence-electron chi connectivity index (χ2n) is 3.16. The average molecular weight is 281 g/mol. The Morgan fingerprint density at radius 2 is 2.12 bits per heavy atom. The molecule has 1 heterocycles. The molecule has 1 aromatic rings. The van der Waals surface area contributed by atoms with Crippen molar-refractivity contribution in [1.82, 2.24) is 9.29 Å². The fraction of sp³-hybridized carbons (Fsp3) is 0.444. The van der Waals surface area contributed by atoms with Crippen LogP contribution in [0.2, 0.25) is 0 Å². The molecule has 0 aromatic carbocycles. The predicted octanol–water partition coefficient (Wildman–Crippen LogP) is 1.66. The maximum absolute atomic E-state index is 11.7. The molecule has 0 aliphatic carbocycles. The summed E-state index contributed by atoms with van der Waals surface area (Å²) in [7, 11) is -0.396. The van der Waals surface area contributed by atoms with Crippen LogP contribution in [0.3, 0.4) is 0 Å². The highest BCUT2D eigenvalue weighted by atomic mass is 35.5. The molecule has 0 saturated carbocycles. The topological polar surface area (TPSA) is 50.3 Å². The fourth-order valence-corrected chi connectivity index (χ4v) is 2.62. The number of aromatic nitrogens is 1. The first-order chi connectivity index (χ1) is 7.48. The van der Waals surface area contributed by atoms with Crippen LogP contribution in [0.15, 0.2) is 28.3 Å². The highest BCUT2D eigenvalue weighted by molar-refractivity contribution is 7.99. The van der Waals surface area contributed by atoms with E-state index in [2.05, 4.69) is 4.98 Å². The Kier molecular flexibility index (Phi) is 5.04. The Morgan fingerprint density at radius 1 is 1.44 bits per heavy atom. The van der Waals surface area contributed by atoms with Crippen molar-refractivity contribution in [3.63, 3.8) is 0 Å². The van der Waals surface area contributed by atoms with E-state index in [-0.39, 0.29) is 4.90 Å². The van der Waals surface area contributed by atoms with Gasteiger partial charge in [-0.2, -0.15) is 0 Å². The van der Waals surface area contributed by atoms with Gasteiger partial charge in [-0.15, -0.1) is 23.4 Å². The summed E-state index contributed by atoms with van der Waals surface area (Å²) in [6, 6.07) is 3.24. The molecule has 16 heavy (non-hydrogen) atoms. The summed E-state index contributed by atoms with van der Waals surface area (Å²) >= 11 is 7.04.